The van der Waals surface area contributed by atoms with Gasteiger partial charge in [-0.2, -0.15) is 5.10 Å². The molecule has 0 fully saturated rings. The number of anilines is 1. The fourth-order valence-electron chi connectivity index (χ4n) is 3.74. The van der Waals surface area contributed by atoms with Gasteiger partial charge in [0, 0.05) is 21.7 Å². The summed E-state index contributed by atoms with van der Waals surface area (Å²) in [6, 6.07) is 22.3. The van der Waals surface area contributed by atoms with Gasteiger partial charge in [-0.1, -0.05) is 29.8 Å². The Hall–Kier alpha value is -4.03. The molecule has 0 unspecified atom stereocenters. The molecule has 1 amide bonds. The van der Waals surface area contributed by atoms with Crippen LogP contribution in [0.15, 0.2) is 85.1 Å². The number of carbonyl (C=O) groups is 1. The van der Waals surface area contributed by atoms with Crippen molar-refractivity contribution in [3.8, 4) is 16.9 Å². The third-order valence-electron chi connectivity index (χ3n) is 5.42. The molecule has 5 nitrogen and oxygen atoms in total. The number of halogens is 2. The lowest BCUT2D eigenvalue weighted by Gasteiger charge is -2.11. The topological polar surface area (TPSA) is 59.8 Å². The van der Waals surface area contributed by atoms with Gasteiger partial charge < -0.3 is 5.32 Å². The lowest BCUT2D eigenvalue weighted by atomic mass is 10.0. The van der Waals surface area contributed by atoms with Crippen LogP contribution in [0.4, 0.5) is 10.1 Å². The quantitative estimate of drug-likeness (QED) is 0.338. The molecule has 0 spiro atoms. The Kier molecular flexibility index (Phi) is 5.36. The third-order valence-corrected chi connectivity index (χ3v) is 5.67. The molecule has 0 aliphatic rings. The summed E-state index contributed by atoms with van der Waals surface area (Å²) in [5.41, 5.74) is 4.82. The number of benzene rings is 3. The molecule has 5 rings (SSSR count). The molecule has 1 N–H and O–H groups in total. The molecule has 7 heteroatoms. The number of nitrogens with one attached hydrogen (secondary N) is 1. The zero-order valence-corrected chi connectivity index (χ0v) is 18.3. The second-order valence-electron chi connectivity index (χ2n) is 7.57. The lowest BCUT2D eigenvalue weighted by Crippen LogP contribution is -2.13. The van der Waals surface area contributed by atoms with Crippen LogP contribution in [0.1, 0.15) is 16.1 Å². The Morgan fingerprint density at radius 2 is 1.73 bits per heavy atom. The van der Waals surface area contributed by atoms with Gasteiger partial charge in [-0.3, -0.25) is 4.79 Å². The van der Waals surface area contributed by atoms with Gasteiger partial charge in [-0.15, -0.1) is 0 Å². The van der Waals surface area contributed by atoms with Crippen LogP contribution in [0, 0.1) is 12.7 Å². The van der Waals surface area contributed by atoms with Crippen molar-refractivity contribution in [1.82, 2.24) is 14.8 Å². The van der Waals surface area contributed by atoms with Crippen molar-refractivity contribution in [2.24, 2.45) is 0 Å². The average molecular weight is 457 g/mol. The maximum atomic E-state index is 13.3. The highest BCUT2D eigenvalue weighted by molar-refractivity contribution is 6.30. The van der Waals surface area contributed by atoms with E-state index in [-0.39, 0.29) is 11.7 Å². The highest BCUT2D eigenvalue weighted by atomic mass is 35.5. The molecule has 162 valence electrons. The van der Waals surface area contributed by atoms with Crippen molar-refractivity contribution in [3.63, 3.8) is 0 Å². The molecule has 0 bridgehead atoms. The predicted molar refractivity (Wildman–Crippen MR) is 128 cm³/mol. The number of fused-ring (bicyclic) bond motifs is 1. The molecular weight excluding hydrogens is 439 g/mol. The van der Waals surface area contributed by atoms with Gasteiger partial charge in [0.2, 0.25) is 0 Å². The first-order chi connectivity index (χ1) is 16.0. The molecule has 2 aromatic heterocycles. The summed E-state index contributed by atoms with van der Waals surface area (Å²) in [5.74, 6) is -0.558. The number of hydrogen-bond donors (Lipinski definition) is 1. The van der Waals surface area contributed by atoms with E-state index in [0.717, 1.165) is 22.3 Å². The Balaban J connectivity index is 1.58. The van der Waals surface area contributed by atoms with Crippen molar-refractivity contribution in [2.75, 3.05) is 5.32 Å². The van der Waals surface area contributed by atoms with Crippen molar-refractivity contribution in [1.29, 1.82) is 0 Å². The van der Waals surface area contributed by atoms with Crippen LogP contribution in [-0.2, 0) is 0 Å². The highest BCUT2D eigenvalue weighted by Crippen LogP contribution is 2.29. The molecule has 0 atom stereocenters. The molecule has 33 heavy (non-hydrogen) atoms. The average Bonchev–Trinajstić information content (AvgIpc) is 3.21. The van der Waals surface area contributed by atoms with Crippen LogP contribution in [0.2, 0.25) is 5.02 Å². The molecule has 0 aliphatic carbocycles. The van der Waals surface area contributed by atoms with E-state index in [9.17, 15) is 9.18 Å². The normalized spacial score (nSPS) is 11.0. The number of nitrogens with zero attached hydrogens (tertiary/aromatic N) is 3. The minimum Gasteiger partial charge on any atom is -0.322 e. The van der Waals surface area contributed by atoms with Gasteiger partial charge >= 0.3 is 0 Å². The number of carbonyl (C=O) groups excluding carboxylic acids is 1. The fraction of sp³-hybridized carbons (Fsp3) is 0.0385. The SMILES string of the molecule is Cc1c(-c2cc(C(=O)Nc3ccc(Cl)cc3)c3ccccc3n2)cnn1-c1ccc(F)cc1. The van der Waals surface area contributed by atoms with E-state index >= 15 is 0 Å². The molecule has 0 saturated heterocycles. The van der Waals surface area contributed by atoms with Crippen molar-refractivity contribution in [3.05, 3.63) is 107 Å². The summed E-state index contributed by atoms with van der Waals surface area (Å²) in [7, 11) is 0. The first-order valence-electron chi connectivity index (χ1n) is 10.3. The number of aromatic nitrogens is 3. The summed E-state index contributed by atoms with van der Waals surface area (Å²) in [4.78, 5) is 18.0. The maximum Gasteiger partial charge on any atom is 0.256 e. The van der Waals surface area contributed by atoms with Crippen LogP contribution in [0.5, 0.6) is 0 Å². The molecule has 5 aromatic rings. The standard InChI is InChI=1S/C26H18ClFN4O/c1-16-23(15-29-32(16)20-12-8-18(28)9-13-20)25-14-22(21-4-2-3-5-24(21)31-25)26(33)30-19-10-6-17(27)7-11-19/h2-15H,1H3,(H,30,33). The molecular formula is C26H18ClFN4O. The molecule has 0 radical (unpaired) electrons. The summed E-state index contributed by atoms with van der Waals surface area (Å²) in [6.07, 6.45) is 1.71. The van der Waals surface area contributed by atoms with Gasteiger partial charge in [0.25, 0.3) is 5.91 Å². The van der Waals surface area contributed by atoms with E-state index in [2.05, 4.69) is 10.4 Å². The molecule has 0 saturated carbocycles. The summed E-state index contributed by atoms with van der Waals surface area (Å²) < 4.78 is 15.1. The first kappa shape index (κ1) is 20.8. The Morgan fingerprint density at radius 1 is 1.00 bits per heavy atom. The number of para-hydroxylation sites is 1. The molecule has 0 aliphatic heterocycles. The van der Waals surface area contributed by atoms with Gasteiger partial charge in [-0.25, -0.2) is 14.1 Å². The van der Waals surface area contributed by atoms with E-state index in [1.807, 2.05) is 31.2 Å². The highest BCUT2D eigenvalue weighted by Gasteiger charge is 2.17. The van der Waals surface area contributed by atoms with E-state index in [1.54, 1.807) is 53.3 Å². The minimum atomic E-state index is -0.309. The maximum absolute atomic E-state index is 13.3. The summed E-state index contributed by atoms with van der Waals surface area (Å²) in [6.45, 7) is 1.91. The Bertz CT molecular complexity index is 1480. The fourth-order valence-corrected chi connectivity index (χ4v) is 3.86. The van der Waals surface area contributed by atoms with Crippen molar-refractivity contribution >= 4 is 34.1 Å². The van der Waals surface area contributed by atoms with Crippen LogP contribution >= 0.6 is 11.6 Å². The van der Waals surface area contributed by atoms with Crippen LogP contribution in [0.25, 0.3) is 27.8 Å². The van der Waals surface area contributed by atoms with E-state index < -0.39 is 0 Å². The van der Waals surface area contributed by atoms with Crippen molar-refractivity contribution < 1.29 is 9.18 Å². The van der Waals surface area contributed by atoms with E-state index in [0.29, 0.717) is 27.5 Å². The van der Waals surface area contributed by atoms with Crippen molar-refractivity contribution in [2.45, 2.75) is 6.92 Å². The van der Waals surface area contributed by atoms with Crippen LogP contribution < -0.4 is 5.32 Å². The van der Waals surface area contributed by atoms with Gasteiger partial charge in [0.15, 0.2) is 0 Å². The predicted octanol–water partition coefficient (Wildman–Crippen LogP) is 6.44. The van der Waals surface area contributed by atoms with E-state index in [1.165, 1.54) is 12.1 Å². The first-order valence-corrected chi connectivity index (χ1v) is 10.6. The van der Waals surface area contributed by atoms with Crippen LogP contribution in [-0.4, -0.2) is 20.7 Å². The third kappa shape index (κ3) is 4.08. The zero-order valence-electron chi connectivity index (χ0n) is 17.6. The number of rotatable bonds is 4. The Morgan fingerprint density at radius 3 is 2.48 bits per heavy atom. The second kappa shape index (κ2) is 8.48. The molecule has 3 aromatic carbocycles. The largest absolute Gasteiger partial charge is 0.322 e. The minimum absolute atomic E-state index is 0.249. The van der Waals surface area contributed by atoms with E-state index in [4.69, 9.17) is 16.6 Å². The van der Waals surface area contributed by atoms with Gasteiger partial charge in [-0.05, 0) is 67.6 Å². The number of hydrogen-bond acceptors (Lipinski definition) is 3. The Labute approximate surface area is 194 Å². The second-order valence-corrected chi connectivity index (χ2v) is 8.00. The smallest absolute Gasteiger partial charge is 0.256 e. The number of pyridine rings is 1. The number of amides is 1. The van der Waals surface area contributed by atoms with Gasteiger partial charge in [0.05, 0.1) is 34.4 Å². The summed E-state index contributed by atoms with van der Waals surface area (Å²) >= 11 is 5.95. The lowest BCUT2D eigenvalue weighted by molar-refractivity contribution is 0.102. The monoisotopic (exact) mass is 456 g/mol. The van der Waals surface area contributed by atoms with Gasteiger partial charge in [0.1, 0.15) is 5.82 Å². The molecule has 2 heterocycles. The summed E-state index contributed by atoms with van der Waals surface area (Å²) in [5, 5.41) is 8.73. The van der Waals surface area contributed by atoms with Crippen LogP contribution in [0.3, 0.4) is 0 Å². The zero-order chi connectivity index (χ0) is 22.9.